The lowest BCUT2D eigenvalue weighted by Gasteiger charge is -2.12. The van der Waals surface area contributed by atoms with Crippen molar-refractivity contribution in [1.82, 2.24) is 4.98 Å². The number of nitrogens with one attached hydrogen (secondary N) is 1. The summed E-state index contributed by atoms with van der Waals surface area (Å²) in [6.45, 7) is 4.26. The van der Waals surface area contributed by atoms with Gasteiger partial charge in [-0.25, -0.2) is 4.98 Å². The Bertz CT molecular complexity index is 404. The third-order valence-electron chi connectivity index (χ3n) is 3.85. The van der Waals surface area contributed by atoms with Crippen molar-refractivity contribution in [3.63, 3.8) is 0 Å². The van der Waals surface area contributed by atoms with Gasteiger partial charge in [-0.05, 0) is 38.5 Å². The van der Waals surface area contributed by atoms with Crippen LogP contribution in [0.3, 0.4) is 0 Å². The van der Waals surface area contributed by atoms with E-state index in [9.17, 15) is 4.79 Å². The monoisotopic (exact) mass is 280 g/mol. The van der Waals surface area contributed by atoms with E-state index in [1.807, 2.05) is 0 Å². The van der Waals surface area contributed by atoms with E-state index in [0.717, 1.165) is 43.7 Å². The molecule has 2 rings (SSSR count). The van der Waals surface area contributed by atoms with E-state index in [2.05, 4.69) is 24.1 Å². The molecule has 0 unspecified atom stereocenters. The molecule has 4 heteroatoms. The zero-order valence-electron chi connectivity index (χ0n) is 12.0. The van der Waals surface area contributed by atoms with Crippen LogP contribution in [0.1, 0.15) is 62.9 Å². The molecule has 106 valence electrons. The summed E-state index contributed by atoms with van der Waals surface area (Å²) < 4.78 is 0. The van der Waals surface area contributed by atoms with Gasteiger partial charge >= 0.3 is 0 Å². The molecule has 0 saturated heterocycles. The number of rotatable bonds is 6. The number of carbonyl (C=O) groups is 1. The van der Waals surface area contributed by atoms with E-state index < -0.39 is 0 Å². The van der Waals surface area contributed by atoms with Crippen LogP contribution in [0.5, 0.6) is 0 Å². The molecule has 19 heavy (non-hydrogen) atoms. The van der Waals surface area contributed by atoms with Crippen molar-refractivity contribution >= 4 is 22.4 Å². The number of aromatic nitrogens is 1. The summed E-state index contributed by atoms with van der Waals surface area (Å²) in [6, 6.07) is 0. The molecule has 3 nitrogen and oxygen atoms in total. The number of thiazole rings is 1. The standard InChI is InChI=1S/C15H24N2OS/c1-3-5-8-11(4-2)14(18)17-15-16-12-9-6-7-10-13(12)19-15/h11H,3-10H2,1-2H3,(H,16,17,18)/t11-/m1/s1. The zero-order chi connectivity index (χ0) is 13.7. The first-order chi connectivity index (χ1) is 9.24. The van der Waals surface area contributed by atoms with Crippen molar-refractivity contribution in [2.24, 2.45) is 5.92 Å². The van der Waals surface area contributed by atoms with Gasteiger partial charge in [-0.1, -0.05) is 26.7 Å². The van der Waals surface area contributed by atoms with Crippen LogP contribution in [-0.4, -0.2) is 10.9 Å². The van der Waals surface area contributed by atoms with Gasteiger partial charge in [0.15, 0.2) is 5.13 Å². The van der Waals surface area contributed by atoms with Crippen molar-refractivity contribution in [1.29, 1.82) is 0 Å². The Balaban J connectivity index is 1.95. The third-order valence-corrected chi connectivity index (χ3v) is 4.92. The van der Waals surface area contributed by atoms with Gasteiger partial charge in [0.2, 0.25) is 5.91 Å². The number of hydrogen-bond acceptors (Lipinski definition) is 3. The number of unbranched alkanes of at least 4 members (excludes halogenated alkanes) is 1. The maximum atomic E-state index is 12.2. The van der Waals surface area contributed by atoms with Crippen molar-refractivity contribution in [3.05, 3.63) is 10.6 Å². The first kappa shape index (κ1) is 14.5. The van der Waals surface area contributed by atoms with E-state index in [1.165, 1.54) is 23.4 Å². The summed E-state index contributed by atoms with van der Waals surface area (Å²) in [4.78, 5) is 18.2. The van der Waals surface area contributed by atoms with Crippen LogP contribution in [-0.2, 0) is 17.6 Å². The van der Waals surface area contributed by atoms with E-state index >= 15 is 0 Å². The third kappa shape index (κ3) is 3.78. The highest BCUT2D eigenvalue weighted by molar-refractivity contribution is 7.15. The van der Waals surface area contributed by atoms with Crippen molar-refractivity contribution in [3.8, 4) is 0 Å². The summed E-state index contributed by atoms with van der Waals surface area (Å²) >= 11 is 1.67. The summed E-state index contributed by atoms with van der Waals surface area (Å²) in [5.41, 5.74) is 1.22. The highest BCUT2D eigenvalue weighted by Crippen LogP contribution is 2.30. The van der Waals surface area contributed by atoms with Gasteiger partial charge in [-0.3, -0.25) is 4.79 Å². The average molecular weight is 280 g/mol. The van der Waals surface area contributed by atoms with Crippen LogP contribution in [0.2, 0.25) is 0 Å². The van der Waals surface area contributed by atoms with Gasteiger partial charge in [-0.15, -0.1) is 11.3 Å². The fraction of sp³-hybridized carbons (Fsp3) is 0.733. The molecule has 0 radical (unpaired) electrons. The Morgan fingerprint density at radius 2 is 2.16 bits per heavy atom. The van der Waals surface area contributed by atoms with Gasteiger partial charge in [0.05, 0.1) is 5.69 Å². The van der Waals surface area contributed by atoms with Gasteiger partial charge in [0.25, 0.3) is 0 Å². The fourth-order valence-electron chi connectivity index (χ4n) is 2.58. The zero-order valence-corrected chi connectivity index (χ0v) is 12.8. The number of fused-ring (bicyclic) bond motifs is 1. The van der Waals surface area contributed by atoms with E-state index in [0.29, 0.717) is 0 Å². The molecule has 0 saturated carbocycles. The highest BCUT2D eigenvalue weighted by Gasteiger charge is 2.20. The van der Waals surface area contributed by atoms with Crippen LogP contribution in [0.4, 0.5) is 5.13 Å². The first-order valence-electron chi connectivity index (χ1n) is 7.54. The smallest absolute Gasteiger partial charge is 0.229 e. The second-order valence-electron chi connectivity index (χ2n) is 5.33. The van der Waals surface area contributed by atoms with Crippen molar-refractivity contribution in [2.45, 2.75) is 65.2 Å². The molecule has 1 heterocycles. The highest BCUT2D eigenvalue weighted by atomic mass is 32.1. The van der Waals surface area contributed by atoms with Crippen molar-refractivity contribution < 1.29 is 4.79 Å². The number of hydrogen-bond donors (Lipinski definition) is 1. The summed E-state index contributed by atoms with van der Waals surface area (Å²) in [5.74, 6) is 0.294. The predicted molar refractivity (Wildman–Crippen MR) is 80.7 cm³/mol. The lowest BCUT2D eigenvalue weighted by molar-refractivity contribution is -0.120. The summed E-state index contributed by atoms with van der Waals surface area (Å²) in [5, 5.41) is 3.84. The minimum atomic E-state index is 0.140. The maximum Gasteiger partial charge on any atom is 0.229 e. The lowest BCUT2D eigenvalue weighted by atomic mass is 9.99. The Hall–Kier alpha value is -0.900. The van der Waals surface area contributed by atoms with E-state index in [-0.39, 0.29) is 11.8 Å². The lowest BCUT2D eigenvalue weighted by Crippen LogP contribution is -2.22. The van der Waals surface area contributed by atoms with Crippen LogP contribution in [0.25, 0.3) is 0 Å². The fourth-order valence-corrected chi connectivity index (χ4v) is 3.64. The molecule has 0 aliphatic heterocycles. The molecule has 1 atom stereocenters. The molecule has 1 aromatic heterocycles. The Kier molecular flexibility index (Phi) is 5.37. The molecule has 0 fully saturated rings. The van der Waals surface area contributed by atoms with Crippen molar-refractivity contribution in [2.75, 3.05) is 5.32 Å². The molecular formula is C15H24N2OS. The van der Waals surface area contributed by atoms with Crippen LogP contribution >= 0.6 is 11.3 Å². The normalized spacial score (nSPS) is 15.9. The second-order valence-corrected chi connectivity index (χ2v) is 6.42. The van der Waals surface area contributed by atoms with Crippen LogP contribution < -0.4 is 5.32 Å². The average Bonchev–Trinajstić information content (AvgIpc) is 2.81. The molecule has 1 aromatic rings. The molecule has 1 aliphatic carbocycles. The topological polar surface area (TPSA) is 42.0 Å². The Morgan fingerprint density at radius 1 is 1.37 bits per heavy atom. The molecule has 0 aromatic carbocycles. The Labute approximate surface area is 119 Å². The number of amides is 1. The molecule has 1 amide bonds. The maximum absolute atomic E-state index is 12.2. The molecule has 0 spiro atoms. The minimum Gasteiger partial charge on any atom is -0.302 e. The first-order valence-corrected chi connectivity index (χ1v) is 8.35. The van der Waals surface area contributed by atoms with Gasteiger partial charge in [-0.2, -0.15) is 0 Å². The summed E-state index contributed by atoms with van der Waals surface area (Å²) in [7, 11) is 0. The quantitative estimate of drug-likeness (QED) is 0.849. The SMILES string of the molecule is CCCC[C@@H](CC)C(=O)Nc1nc2c(s1)CCCC2. The largest absolute Gasteiger partial charge is 0.302 e. The number of anilines is 1. The predicted octanol–water partition coefficient (Wildman–Crippen LogP) is 4.18. The van der Waals surface area contributed by atoms with Crippen LogP contribution in [0, 0.1) is 5.92 Å². The summed E-state index contributed by atoms with van der Waals surface area (Å²) in [6.07, 6.45) is 8.88. The Morgan fingerprint density at radius 3 is 2.84 bits per heavy atom. The number of aryl methyl sites for hydroxylation is 2. The van der Waals surface area contributed by atoms with E-state index in [1.54, 1.807) is 11.3 Å². The van der Waals surface area contributed by atoms with Crippen LogP contribution in [0.15, 0.2) is 0 Å². The second kappa shape index (κ2) is 7.04. The van der Waals surface area contributed by atoms with Gasteiger partial charge in [0.1, 0.15) is 0 Å². The van der Waals surface area contributed by atoms with Gasteiger partial charge < -0.3 is 5.32 Å². The number of carbonyl (C=O) groups excluding carboxylic acids is 1. The minimum absolute atomic E-state index is 0.140. The van der Waals surface area contributed by atoms with Gasteiger partial charge in [0, 0.05) is 10.8 Å². The van der Waals surface area contributed by atoms with E-state index in [4.69, 9.17) is 0 Å². The molecule has 1 aliphatic rings. The molecular weight excluding hydrogens is 256 g/mol. The number of nitrogens with zero attached hydrogens (tertiary/aromatic N) is 1. The molecule has 0 bridgehead atoms. The molecule has 1 N–H and O–H groups in total.